The Morgan fingerprint density at radius 2 is 2.00 bits per heavy atom. The molecule has 3 aromatic rings. The lowest BCUT2D eigenvalue weighted by molar-refractivity contribution is -0.137. The summed E-state index contributed by atoms with van der Waals surface area (Å²) in [5.41, 5.74) is -2.55. The van der Waals surface area contributed by atoms with E-state index < -0.39 is 47.7 Å². The summed E-state index contributed by atoms with van der Waals surface area (Å²) in [4.78, 5) is 38.4. The van der Waals surface area contributed by atoms with Gasteiger partial charge in [-0.2, -0.15) is 13.2 Å². The topological polar surface area (TPSA) is 101 Å². The van der Waals surface area contributed by atoms with Gasteiger partial charge in [0, 0.05) is 17.4 Å². The number of thiophene rings is 1. The van der Waals surface area contributed by atoms with Crippen LogP contribution in [0.1, 0.15) is 20.8 Å². The van der Waals surface area contributed by atoms with Gasteiger partial charge in [-0.05, 0) is 42.5 Å². The van der Waals surface area contributed by atoms with E-state index in [0.29, 0.717) is 9.21 Å². The van der Waals surface area contributed by atoms with E-state index >= 15 is 0 Å². The molecule has 1 atom stereocenters. The number of aliphatic hydroxyl groups excluding tert-OH is 1. The first-order valence-corrected chi connectivity index (χ1v) is 11.3. The Kier molecular flexibility index (Phi) is 6.88. The fourth-order valence-electron chi connectivity index (χ4n) is 3.55. The quantitative estimate of drug-likeness (QED) is 0.507. The first kappa shape index (κ1) is 24.8. The van der Waals surface area contributed by atoms with Crippen molar-refractivity contribution in [2.24, 2.45) is 0 Å². The molecule has 1 fully saturated rings. The summed E-state index contributed by atoms with van der Waals surface area (Å²) in [6, 6.07) is 8.85. The number of ether oxygens (including phenoxy) is 1. The minimum atomic E-state index is -4.85. The fourth-order valence-corrected chi connectivity index (χ4v) is 4.51. The Hall–Kier alpha value is -3.35. The Labute approximate surface area is 205 Å². The molecule has 1 saturated heterocycles. The number of halogens is 4. The number of aliphatic hydroxyl groups is 1. The molecule has 0 aliphatic carbocycles. The molecule has 1 aromatic carbocycles. The summed E-state index contributed by atoms with van der Waals surface area (Å²) < 4.78 is 48.1. The number of pyridine rings is 1. The van der Waals surface area contributed by atoms with Crippen LogP contribution in [0.4, 0.5) is 23.7 Å². The molecular formula is C22H17ClF3N3O5S. The number of nitrogens with zero attached hydrogens (tertiary/aromatic N) is 2. The Balaban J connectivity index is 1.57. The SMILES string of the molecule is O=C(NC[C@H]1CN(c2ccc(-n3cccc(CO)c3=O)c(C(F)(F)F)c2)C(=O)O1)c1ccc(Cl)s1. The zero-order valence-electron chi connectivity index (χ0n) is 17.7. The van der Waals surface area contributed by atoms with E-state index in [-0.39, 0.29) is 24.3 Å². The third-order valence-corrected chi connectivity index (χ3v) is 6.44. The van der Waals surface area contributed by atoms with Crippen LogP contribution < -0.4 is 15.8 Å². The largest absolute Gasteiger partial charge is 0.442 e. The third kappa shape index (κ3) is 5.19. The van der Waals surface area contributed by atoms with Crippen LogP contribution in [-0.2, 0) is 17.5 Å². The average Bonchev–Trinajstić information content (AvgIpc) is 3.42. The van der Waals surface area contributed by atoms with E-state index in [9.17, 15) is 32.7 Å². The van der Waals surface area contributed by atoms with Gasteiger partial charge in [0.15, 0.2) is 0 Å². The second-order valence-corrected chi connectivity index (χ2v) is 9.21. The van der Waals surface area contributed by atoms with Crippen LogP contribution in [-0.4, -0.2) is 40.9 Å². The monoisotopic (exact) mass is 527 g/mol. The molecule has 0 unspecified atom stereocenters. The lowest BCUT2D eigenvalue weighted by Gasteiger charge is -2.19. The number of cyclic esters (lactones) is 1. The standard InChI is InChI=1S/C22H17ClF3N3O5S/c23-18-6-5-17(35-18)19(31)27-9-14-10-29(21(33)34-14)13-3-4-16(15(8-13)22(24,25)26)28-7-1-2-12(11-30)20(28)32/h1-8,14,30H,9-11H2,(H,27,31)/t14-/m0/s1. The Bertz CT molecular complexity index is 1340. The van der Waals surface area contributed by atoms with Crippen LogP contribution in [0.3, 0.4) is 0 Å². The van der Waals surface area contributed by atoms with Gasteiger partial charge in [-0.1, -0.05) is 11.6 Å². The van der Waals surface area contributed by atoms with Crippen molar-refractivity contribution in [3.63, 3.8) is 0 Å². The van der Waals surface area contributed by atoms with Crippen LogP contribution in [0, 0.1) is 0 Å². The fraction of sp³-hybridized carbons (Fsp3) is 0.227. The highest BCUT2D eigenvalue weighted by Crippen LogP contribution is 2.37. The van der Waals surface area contributed by atoms with Crippen molar-refractivity contribution in [1.82, 2.24) is 9.88 Å². The van der Waals surface area contributed by atoms with E-state index in [0.717, 1.165) is 39.1 Å². The summed E-state index contributed by atoms with van der Waals surface area (Å²) in [5, 5.41) is 11.9. The number of rotatable bonds is 6. The summed E-state index contributed by atoms with van der Waals surface area (Å²) in [5.74, 6) is -0.421. The van der Waals surface area contributed by atoms with Crippen LogP contribution in [0.2, 0.25) is 4.34 Å². The molecule has 0 saturated carbocycles. The number of amides is 2. The highest BCUT2D eigenvalue weighted by Gasteiger charge is 2.38. The van der Waals surface area contributed by atoms with E-state index in [1.807, 2.05) is 0 Å². The molecule has 0 spiro atoms. The molecule has 184 valence electrons. The molecular weight excluding hydrogens is 511 g/mol. The van der Waals surface area contributed by atoms with E-state index in [1.165, 1.54) is 24.3 Å². The smallest absolute Gasteiger partial charge is 0.418 e. The Morgan fingerprint density at radius 3 is 2.66 bits per heavy atom. The van der Waals surface area contributed by atoms with Crippen LogP contribution >= 0.6 is 22.9 Å². The molecule has 35 heavy (non-hydrogen) atoms. The molecule has 2 N–H and O–H groups in total. The van der Waals surface area contributed by atoms with Gasteiger partial charge in [-0.25, -0.2) is 4.79 Å². The normalized spacial score (nSPS) is 15.9. The molecule has 8 nitrogen and oxygen atoms in total. The number of carbonyl (C=O) groups is 2. The number of hydrogen-bond acceptors (Lipinski definition) is 6. The van der Waals surface area contributed by atoms with Gasteiger partial charge < -0.3 is 15.2 Å². The van der Waals surface area contributed by atoms with Gasteiger partial charge in [0.25, 0.3) is 11.5 Å². The molecule has 3 heterocycles. The van der Waals surface area contributed by atoms with Crippen molar-refractivity contribution >= 4 is 40.6 Å². The molecule has 0 radical (unpaired) electrons. The van der Waals surface area contributed by atoms with E-state index in [2.05, 4.69) is 5.32 Å². The van der Waals surface area contributed by atoms with E-state index in [4.69, 9.17) is 16.3 Å². The second-order valence-electron chi connectivity index (χ2n) is 7.50. The van der Waals surface area contributed by atoms with Crippen LogP contribution in [0.5, 0.6) is 0 Å². The first-order chi connectivity index (χ1) is 16.6. The minimum absolute atomic E-state index is 0.0514. The van der Waals surface area contributed by atoms with Crippen molar-refractivity contribution < 1.29 is 32.6 Å². The zero-order chi connectivity index (χ0) is 25.3. The molecule has 2 aromatic heterocycles. The van der Waals surface area contributed by atoms with Gasteiger partial charge in [-0.3, -0.25) is 19.1 Å². The van der Waals surface area contributed by atoms with Gasteiger partial charge in [0.2, 0.25) is 0 Å². The highest BCUT2D eigenvalue weighted by molar-refractivity contribution is 7.18. The maximum Gasteiger partial charge on any atom is 0.418 e. The number of nitrogens with one attached hydrogen (secondary N) is 1. The number of aromatic nitrogens is 1. The summed E-state index contributed by atoms with van der Waals surface area (Å²) in [7, 11) is 0. The van der Waals surface area contributed by atoms with Gasteiger partial charge in [0.1, 0.15) is 6.10 Å². The predicted octanol–water partition coefficient (Wildman–Crippen LogP) is 3.82. The van der Waals surface area contributed by atoms with Crippen molar-refractivity contribution in [3.05, 3.63) is 79.4 Å². The summed E-state index contributed by atoms with van der Waals surface area (Å²) in [6.45, 7) is -0.777. The molecule has 1 aliphatic rings. The number of anilines is 1. The molecule has 4 rings (SSSR count). The Morgan fingerprint density at radius 1 is 1.23 bits per heavy atom. The highest BCUT2D eigenvalue weighted by atomic mass is 35.5. The average molecular weight is 528 g/mol. The molecule has 0 bridgehead atoms. The molecule has 1 aliphatic heterocycles. The van der Waals surface area contributed by atoms with Crippen LogP contribution in [0.25, 0.3) is 5.69 Å². The van der Waals surface area contributed by atoms with Gasteiger partial charge in [0.05, 0.1) is 40.2 Å². The van der Waals surface area contributed by atoms with Crippen LogP contribution in [0.15, 0.2) is 53.5 Å². The first-order valence-electron chi connectivity index (χ1n) is 10.1. The summed E-state index contributed by atoms with van der Waals surface area (Å²) >= 11 is 6.88. The number of hydrogen-bond donors (Lipinski definition) is 2. The maximum absolute atomic E-state index is 13.9. The lowest BCUT2D eigenvalue weighted by Crippen LogP contribution is -2.34. The molecule has 13 heteroatoms. The molecule has 2 amide bonds. The predicted molar refractivity (Wildman–Crippen MR) is 122 cm³/mol. The number of benzene rings is 1. The zero-order valence-corrected chi connectivity index (χ0v) is 19.3. The van der Waals surface area contributed by atoms with Crippen molar-refractivity contribution in [2.75, 3.05) is 18.0 Å². The number of carbonyl (C=O) groups excluding carboxylic acids is 2. The van der Waals surface area contributed by atoms with Crippen molar-refractivity contribution in [2.45, 2.75) is 18.9 Å². The van der Waals surface area contributed by atoms with E-state index in [1.54, 1.807) is 6.07 Å². The van der Waals surface area contributed by atoms with Crippen molar-refractivity contribution in [3.8, 4) is 5.69 Å². The van der Waals surface area contributed by atoms with Crippen molar-refractivity contribution in [1.29, 1.82) is 0 Å². The van der Waals surface area contributed by atoms with Gasteiger partial charge in [-0.15, -0.1) is 11.3 Å². The number of alkyl halides is 3. The van der Waals surface area contributed by atoms with Gasteiger partial charge >= 0.3 is 12.3 Å². The lowest BCUT2D eigenvalue weighted by atomic mass is 10.1. The summed E-state index contributed by atoms with van der Waals surface area (Å²) in [6.07, 6.45) is -5.35. The second kappa shape index (κ2) is 9.72. The minimum Gasteiger partial charge on any atom is -0.442 e. The maximum atomic E-state index is 13.9. The third-order valence-electron chi connectivity index (χ3n) is 5.21.